The van der Waals surface area contributed by atoms with Crippen LogP contribution in [0.3, 0.4) is 0 Å². The second kappa shape index (κ2) is 6.12. The van der Waals surface area contributed by atoms with Crippen LogP contribution in [0.25, 0.3) is 0 Å². The zero-order chi connectivity index (χ0) is 12.8. The number of hydrogen-bond donors (Lipinski definition) is 3. The number of nitrogens with one attached hydrogen (secondary N) is 1. The summed E-state index contributed by atoms with van der Waals surface area (Å²) in [5, 5.41) is 29.1. The Balaban J connectivity index is 2.60. The fourth-order valence-electron chi connectivity index (χ4n) is 1.15. The number of hydrogen-bond acceptors (Lipinski definition) is 6. The second-order valence-electron chi connectivity index (χ2n) is 3.45. The quantitative estimate of drug-likeness (QED) is 0.611. The number of carbonyl (C=O) groups excluding carboxylic acids is 1. The first-order valence-corrected chi connectivity index (χ1v) is 5.02. The molecule has 0 saturated heterocycles. The molecule has 1 rings (SSSR count). The highest BCUT2D eigenvalue weighted by molar-refractivity contribution is 5.72. The standard InChI is InChI=1S/C10H15N3O4/c1-6(14)11-5-8(15)10(16)7-3-4-9(17-2)13-12-7/h3-4,8,10,15-16H,5H2,1-2H3,(H,11,14). The maximum Gasteiger partial charge on any atom is 0.233 e. The van der Waals surface area contributed by atoms with Crippen LogP contribution in [-0.4, -0.2) is 46.1 Å². The van der Waals surface area contributed by atoms with Gasteiger partial charge in [-0.15, -0.1) is 10.2 Å². The molecule has 1 aromatic rings. The highest BCUT2D eigenvalue weighted by Gasteiger charge is 2.20. The van der Waals surface area contributed by atoms with Crippen LogP contribution in [0.5, 0.6) is 5.88 Å². The first-order chi connectivity index (χ1) is 8.04. The molecule has 2 unspecified atom stereocenters. The lowest BCUT2D eigenvalue weighted by Gasteiger charge is -2.16. The maximum atomic E-state index is 10.6. The molecule has 7 nitrogen and oxygen atoms in total. The molecule has 0 aliphatic heterocycles. The Morgan fingerprint density at radius 3 is 2.65 bits per heavy atom. The molecule has 17 heavy (non-hydrogen) atoms. The van der Waals surface area contributed by atoms with Crippen LogP contribution in [0.15, 0.2) is 12.1 Å². The molecule has 0 saturated carbocycles. The Bertz CT molecular complexity index is 368. The average Bonchev–Trinajstić information content (AvgIpc) is 2.35. The number of aliphatic hydroxyl groups is 2. The molecule has 1 amide bonds. The normalized spacial score (nSPS) is 13.9. The van der Waals surface area contributed by atoms with E-state index >= 15 is 0 Å². The minimum absolute atomic E-state index is 0.0514. The third kappa shape index (κ3) is 3.97. The number of aromatic nitrogens is 2. The molecule has 0 aliphatic carbocycles. The summed E-state index contributed by atoms with van der Waals surface area (Å²) in [6, 6.07) is 3.02. The van der Waals surface area contributed by atoms with Crippen molar-refractivity contribution in [2.45, 2.75) is 19.1 Å². The average molecular weight is 241 g/mol. The van der Waals surface area contributed by atoms with Gasteiger partial charge in [-0.1, -0.05) is 0 Å². The van der Waals surface area contributed by atoms with Gasteiger partial charge < -0.3 is 20.3 Å². The van der Waals surface area contributed by atoms with Crippen molar-refractivity contribution in [3.63, 3.8) is 0 Å². The SMILES string of the molecule is COc1ccc(C(O)C(O)CNC(C)=O)nn1. The van der Waals surface area contributed by atoms with Crippen molar-refractivity contribution in [3.8, 4) is 5.88 Å². The fourth-order valence-corrected chi connectivity index (χ4v) is 1.15. The first-order valence-electron chi connectivity index (χ1n) is 5.02. The third-order valence-corrected chi connectivity index (χ3v) is 2.10. The second-order valence-corrected chi connectivity index (χ2v) is 3.45. The molecule has 0 spiro atoms. The van der Waals surface area contributed by atoms with E-state index in [0.29, 0.717) is 5.88 Å². The molecule has 7 heteroatoms. The summed E-state index contributed by atoms with van der Waals surface area (Å²) in [5.41, 5.74) is 0.212. The number of amides is 1. The van der Waals surface area contributed by atoms with Gasteiger partial charge in [0, 0.05) is 19.5 Å². The number of nitrogens with zero attached hydrogens (tertiary/aromatic N) is 2. The number of ether oxygens (including phenoxy) is 1. The van der Waals surface area contributed by atoms with Crippen LogP contribution < -0.4 is 10.1 Å². The smallest absolute Gasteiger partial charge is 0.233 e. The van der Waals surface area contributed by atoms with Crippen molar-refractivity contribution in [1.82, 2.24) is 15.5 Å². The molecule has 0 fully saturated rings. The monoisotopic (exact) mass is 241 g/mol. The molecule has 0 radical (unpaired) electrons. The van der Waals surface area contributed by atoms with Crippen LogP contribution in [-0.2, 0) is 4.79 Å². The van der Waals surface area contributed by atoms with E-state index in [1.165, 1.54) is 26.2 Å². The summed E-state index contributed by atoms with van der Waals surface area (Å²) in [6.45, 7) is 1.27. The van der Waals surface area contributed by atoms with Gasteiger partial charge in [0.15, 0.2) is 0 Å². The predicted molar refractivity (Wildman–Crippen MR) is 58.2 cm³/mol. The van der Waals surface area contributed by atoms with Gasteiger partial charge >= 0.3 is 0 Å². The molecule has 2 atom stereocenters. The predicted octanol–water partition coefficient (Wildman–Crippen LogP) is -0.984. The largest absolute Gasteiger partial charge is 0.480 e. The van der Waals surface area contributed by atoms with E-state index < -0.39 is 12.2 Å². The molecular weight excluding hydrogens is 226 g/mol. The molecule has 0 aliphatic rings. The van der Waals surface area contributed by atoms with E-state index in [1.54, 1.807) is 0 Å². The van der Waals surface area contributed by atoms with Gasteiger partial charge in [0.1, 0.15) is 12.2 Å². The van der Waals surface area contributed by atoms with E-state index in [4.69, 9.17) is 4.74 Å². The number of carbonyl (C=O) groups is 1. The van der Waals surface area contributed by atoms with Gasteiger partial charge in [-0.2, -0.15) is 0 Å². The zero-order valence-electron chi connectivity index (χ0n) is 9.62. The number of aliphatic hydroxyl groups excluding tert-OH is 2. The molecule has 1 heterocycles. The summed E-state index contributed by atoms with van der Waals surface area (Å²) in [7, 11) is 1.45. The molecule has 0 bridgehead atoms. The molecule has 3 N–H and O–H groups in total. The Kier molecular flexibility index (Phi) is 4.80. The summed E-state index contributed by atoms with van der Waals surface area (Å²) in [6.07, 6.45) is -2.35. The van der Waals surface area contributed by atoms with Gasteiger partial charge in [0.05, 0.1) is 12.8 Å². The van der Waals surface area contributed by atoms with Crippen molar-refractivity contribution in [1.29, 1.82) is 0 Å². The van der Waals surface area contributed by atoms with Crippen molar-refractivity contribution in [2.75, 3.05) is 13.7 Å². The highest BCUT2D eigenvalue weighted by atomic mass is 16.5. The van der Waals surface area contributed by atoms with Crippen molar-refractivity contribution in [2.24, 2.45) is 0 Å². The Morgan fingerprint density at radius 2 is 2.18 bits per heavy atom. The van der Waals surface area contributed by atoms with Crippen molar-refractivity contribution < 1.29 is 19.7 Å². The van der Waals surface area contributed by atoms with Gasteiger partial charge in [-0.3, -0.25) is 4.79 Å². The number of methoxy groups -OCH3 is 1. The Morgan fingerprint density at radius 1 is 1.47 bits per heavy atom. The van der Waals surface area contributed by atoms with E-state index in [2.05, 4.69) is 15.5 Å². The fraction of sp³-hybridized carbons (Fsp3) is 0.500. The highest BCUT2D eigenvalue weighted by Crippen LogP contribution is 2.15. The summed E-state index contributed by atoms with van der Waals surface area (Å²) >= 11 is 0. The van der Waals surface area contributed by atoms with E-state index in [-0.39, 0.29) is 18.1 Å². The minimum atomic E-state index is -1.21. The lowest BCUT2D eigenvalue weighted by atomic mass is 10.1. The number of rotatable bonds is 5. The summed E-state index contributed by atoms with van der Waals surface area (Å²) < 4.78 is 4.81. The maximum absolute atomic E-state index is 10.6. The third-order valence-electron chi connectivity index (χ3n) is 2.10. The molecular formula is C10H15N3O4. The topological polar surface area (TPSA) is 105 Å². The van der Waals surface area contributed by atoms with Crippen molar-refractivity contribution in [3.05, 3.63) is 17.8 Å². The van der Waals surface area contributed by atoms with Crippen LogP contribution in [0.1, 0.15) is 18.7 Å². The summed E-state index contributed by atoms with van der Waals surface area (Å²) in [4.78, 5) is 10.6. The molecule has 94 valence electrons. The molecule has 1 aromatic heterocycles. The van der Waals surface area contributed by atoms with Gasteiger partial charge in [-0.25, -0.2) is 0 Å². The Hall–Kier alpha value is -1.73. The Labute approximate surface area is 98.4 Å². The minimum Gasteiger partial charge on any atom is -0.480 e. The van der Waals surface area contributed by atoms with E-state index in [0.717, 1.165) is 0 Å². The summed E-state index contributed by atoms with van der Waals surface area (Å²) in [5.74, 6) is 0.0364. The van der Waals surface area contributed by atoms with Crippen molar-refractivity contribution >= 4 is 5.91 Å². The van der Waals surface area contributed by atoms with Gasteiger partial charge in [-0.05, 0) is 6.07 Å². The lowest BCUT2D eigenvalue weighted by Crippen LogP contribution is -2.34. The zero-order valence-corrected chi connectivity index (χ0v) is 9.62. The van der Waals surface area contributed by atoms with Gasteiger partial charge in [0.25, 0.3) is 0 Å². The van der Waals surface area contributed by atoms with E-state index in [1.807, 2.05) is 0 Å². The van der Waals surface area contributed by atoms with Crippen LogP contribution >= 0.6 is 0 Å². The first kappa shape index (κ1) is 13.3. The van der Waals surface area contributed by atoms with Crippen LogP contribution in [0, 0.1) is 0 Å². The molecule has 0 aromatic carbocycles. The van der Waals surface area contributed by atoms with Gasteiger partial charge in [0.2, 0.25) is 11.8 Å². The van der Waals surface area contributed by atoms with Crippen LogP contribution in [0.4, 0.5) is 0 Å². The van der Waals surface area contributed by atoms with E-state index in [9.17, 15) is 15.0 Å². The van der Waals surface area contributed by atoms with Crippen LogP contribution in [0.2, 0.25) is 0 Å². The lowest BCUT2D eigenvalue weighted by molar-refractivity contribution is -0.119.